The second kappa shape index (κ2) is 6.71. The molecule has 0 bridgehead atoms. The lowest BCUT2D eigenvalue weighted by atomic mass is 10.1. The number of hydrogen-bond donors (Lipinski definition) is 2. The van der Waals surface area contributed by atoms with Crippen molar-refractivity contribution in [2.45, 2.75) is 13.8 Å². The van der Waals surface area contributed by atoms with E-state index in [-0.39, 0.29) is 36.0 Å². The van der Waals surface area contributed by atoms with E-state index in [1.165, 1.54) is 14.0 Å². The molecule has 2 amide bonds. The Morgan fingerprint density at radius 1 is 1.30 bits per heavy atom. The number of anilines is 1. The van der Waals surface area contributed by atoms with Gasteiger partial charge in [-0.3, -0.25) is 14.9 Å². The standard InChI is InChI=1S/C12H16N2O6/c1-4-19-12(17)8-6(2)20-11(9(8)10(13)16)14-7(15)5-18-3/h4-5H2,1-3H3,(H2,13,16)(H,14,15). The monoisotopic (exact) mass is 284 g/mol. The fourth-order valence-electron chi connectivity index (χ4n) is 1.61. The Morgan fingerprint density at radius 3 is 2.45 bits per heavy atom. The molecule has 0 atom stereocenters. The van der Waals surface area contributed by atoms with Crippen LogP contribution in [-0.4, -0.2) is 38.1 Å². The summed E-state index contributed by atoms with van der Waals surface area (Å²) in [5.41, 5.74) is 4.92. The van der Waals surface area contributed by atoms with Gasteiger partial charge in [-0.05, 0) is 13.8 Å². The highest BCUT2D eigenvalue weighted by molar-refractivity contribution is 6.10. The Kier molecular flexibility index (Phi) is 5.27. The van der Waals surface area contributed by atoms with Crippen LogP contribution in [0.25, 0.3) is 0 Å². The van der Waals surface area contributed by atoms with E-state index in [2.05, 4.69) is 10.1 Å². The third kappa shape index (κ3) is 3.35. The third-order valence-corrected chi connectivity index (χ3v) is 2.34. The Balaban J connectivity index is 3.20. The van der Waals surface area contributed by atoms with E-state index in [0.29, 0.717) is 0 Å². The minimum absolute atomic E-state index is 0.0907. The quantitative estimate of drug-likeness (QED) is 0.731. The summed E-state index contributed by atoms with van der Waals surface area (Å²) in [6.07, 6.45) is 0. The Labute approximate surface area is 115 Å². The van der Waals surface area contributed by atoms with Crippen molar-refractivity contribution < 1.29 is 28.3 Å². The van der Waals surface area contributed by atoms with Crippen LogP contribution in [-0.2, 0) is 14.3 Å². The highest BCUT2D eigenvalue weighted by atomic mass is 16.5. The first-order chi connectivity index (χ1) is 9.42. The average Bonchev–Trinajstić information content (AvgIpc) is 2.66. The maximum atomic E-state index is 11.8. The van der Waals surface area contributed by atoms with Crippen LogP contribution in [0.2, 0.25) is 0 Å². The molecule has 0 fully saturated rings. The number of primary amides is 1. The van der Waals surface area contributed by atoms with Crippen molar-refractivity contribution in [3.05, 3.63) is 16.9 Å². The minimum Gasteiger partial charge on any atom is -0.462 e. The fourth-order valence-corrected chi connectivity index (χ4v) is 1.61. The second-order valence-electron chi connectivity index (χ2n) is 3.80. The molecule has 1 aromatic rings. The van der Waals surface area contributed by atoms with Gasteiger partial charge in [-0.15, -0.1) is 0 Å². The van der Waals surface area contributed by atoms with Crippen molar-refractivity contribution >= 4 is 23.7 Å². The highest BCUT2D eigenvalue weighted by Crippen LogP contribution is 2.27. The molecule has 0 aromatic carbocycles. The number of methoxy groups -OCH3 is 1. The summed E-state index contributed by atoms with van der Waals surface area (Å²) in [5.74, 6) is -2.25. The average molecular weight is 284 g/mol. The first-order valence-corrected chi connectivity index (χ1v) is 5.81. The number of carbonyl (C=O) groups is 3. The molecule has 110 valence electrons. The maximum Gasteiger partial charge on any atom is 0.342 e. The van der Waals surface area contributed by atoms with E-state index in [0.717, 1.165) is 0 Å². The van der Waals surface area contributed by atoms with Gasteiger partial charge in [0, 0.05) is 7.11 Å². The molecule has 0 saturated heterocycles. The summed E-state index contributed by atoms with van der Waals surface area (Å²) in [4.78, 5) is 34.7. The first-order valence-electron chi connectivity index (χ1n) is 5.81. The van der Waals surface area contributed by atoms with E-state index >= 15 is 0 Å². The minimum atomic E-state index is -0.905. The number of aryl methyl sites for hydroxylation is 1. The largest absolute Gasteiger partial charge is 0.462 e. The Morgan fingerprint density at radius 2 is 1.95 bits per heavy atom. The van der Waals surface area contributed by atoms with Crippen LogP contribution in [0.4, 0.5) is 5.88 Å². The molecule has 8 heteroatoms. The summed E-state index contributed by atoms with van der Waals surface area (Å²) in [7, 11) is 1.34. The molecule has 0 unspecified atom stereocenters. The summed E-state index contributed by atoms with van der Waals surface area (Å²) in [5, 5.41) is 2.31. The normalized spacial score (nSPS) is 10.2. The van der Waals surface area contributed by atoms with Crippen LogP contribution in [0.3, 0.4) is 0 Å². The number of amides is 2. The summed E-state index contributed by atoms with van der Waals surface area (Å²) in [6.45, 7) is 2.99. The Bertz CT molecular complexity index is 534. The molecule has 20 heavy (non-hydrogen) atoms. The molecule has 8 nitrogen and oxygen atoms in total. The lowest BCUT2D eigenvalue weighted by Crippen LogP contribution is -2.22. The molecule has 0 aliphatic carbocycles. The summed E-state index contributed by atoms with van der Waals surface area (Å²) < 4.78 is 14.7. The van der Waals surface area contributed by atoms with Crippen LogP contribution in [0, 0.1) is 6.92 Å². The second-order valence-corrected chi connectivity index (χ2v) is 3.80. The van der Waals surface area contributed by atoms with Crippen LogP contribution >= 0.6 is 0 Å². The molecule has 3 N–H and O–H groups in total. The SMILES string of the molecule is CCOC(=O)c1c(C)oc(NC(=O)COC)c1C(N)=O. The van der Waals surface area contributed by atoms with Gasteiger partial charge >= 0.3 is 5.97 Å². The molecular weight excluding hydrogens is 268 g/mol. The van der Waals surface area contributed by atoms with Crippen LogP contribution < -0.4 is 11.1 Å². The Hall–Kier alpha value is -2.35. The van der Waals surface area contributed by atoms with Gasteiger partial charge in [0.2, 0.25) is 5.88 Å². The zero-order valence-corrected chi connectivity index (χ0v) is 11.4. The van der Waals surface area contributed by atoms with Crippen molar-refractivity contribution in [1.82, 2.24) is 0 Å². The molecule has 1 aromatic heterocycles. The molecule has 0 spiro atoms. The van der Waals surface area contributed by atoms with E-state index in [4.69, 9.17) is 14.9 Å². The number of carbonyl (C=O) groups excluding carboxylic acids is 3. The smallest absolute Gasteiger partial charge is 0.342 e. The molecule has 0 aliphatic heterocycles. The number of nitrogens with two attached hydrogens (primary N) is 1. The van der Waals surface area contributed by atoms with Gasteiger partial charge in [-0.25, -0.2) is 4.79 Å². The van der Waals surface area contributed by atoms with Crippen molar-refractivity contribution in [2.24, 2.45) is 5.73 Å². The topological polar surface area (TPSA) is 121 Å². The summed E-state index contributed by atoms with van der Waals surface area (Å²) in [6, 6.07) is 0. The van der Waals surface area contributed by atoms with Crippen molar-refractivity contribution in [3.8, 4) is 0 Å². The lowest BCUT2D eigenvalue weighted by Gasteiger charge is -2.04. The molecule has 0 aliphatic rings. The van der Waals surface area contributed by atoms with Crippen LogP contribution in [0.15, 0.2) is 4.42 Å². The zero-order chi connectivity index (χ0) is 15.3. The van der Waals surface area contributed by atoms with Gasteiger partial charge < -0.3 is 19.6 Å². The van der Waals surface area contributed by atoms with E-state index in [9.17, 15) is 14.4 Å². The van der Waals surface area contributed by atoms with Crippen molar-refractivity contribution in [3.63, 3.8) is 0 Å². The van der Waals surface area contributed by atoms with Gasteiger partial charge in [0.15, 0.2) is 0 Å². The molecular formula is C12H16N2O6. The maximum absolute atomic E-state index is 11.8. The predicted molar refractivity (Wildman–Crippen MR) is 68.4 cm³/mol. The van der Waals surface area contributed by atoms with Gasteiger partial charge in [0.25, 0.3) is 11.8 Å². The van der Waals surface area contributed by atoms with Gasteiger partial charge in [0.05, 0.1) is 6.61 Å². The van der Waals surface area contributed by atoms with Gasteiger partial charge in [-0.2, -0.15) is 0 Å². The molecule has 0 saturated carbocycles. The first kappa shape index (κ1) is 15.7. The molecule has 1 rings (SSSR count). The van der Waals surface area contributed by atoms with Crippen molar-refractivity contribution in [1.29, 1.82) is 0 Å². The summed E-state index contributed by atoms with van der Waals surface area (Å²) >= 11 is 0. The van der Waals surface area contributed by atoms with Crippen LogP contribution in [0.5, 0.6) is 0 Å². The number of rotatable bonds is 6. The fraction of sp³-hybridized carbons (Fsp3) is 0.417. The highest BCUT2D eigenvalue weighted by Gasteiger charge is 2.28. The predicted octanol–water partition coefficient (Wildman–Crippen LogP) is 0.449. The van der Waals surface area contributed by atoms with Crippen LogP contribution in [0.1, 0.15) is 33.4 Å². The number of ether oxygens (including phenoxy) is 2. The third-order valence-electron chi connectivity index (χ3n) is 2.34. The van der Waals surface area contributed by atoms with Gasteiger partial charge in [-0.1, -0.05) is 0 Å². The van der Waals surface area contributed by atoms with Gasteiger partial charge in [0.1, 0.15) is 23.5 Å². The molecule has 0 radical (unpaired) electrons. The van der Waals surface area contributed by atoms with Crippen molar-refractivity contribution in [2.75, 3.05) is 25.6 Å². The van der Waals surface area contributed by atoms with E-state index in [1.807, 2.05) is 0 Å². The number of esters is 1. The van der Waals surface area contributed by atoms with E-state index in [1.54, 1.807) is 6.92 Å². The number of nitrogens with one attached hydrogen (secondary N) is 1. The number of furan rings is 1. The number of hydrogen-bond acceptors (Lipinski definition) is 6. The zero-order valence-electron chi connectivity index (χ0n) is 11.4. The van der Waals surface area contributed by atoms with E-state index < -0.39 is 17.8 Å². The molecule has 1 heterocycles. The lowest BCUT2D eigenvalue weighted by molar-refractivity contribution is -0.119.